The van der Waals surface area contributed by atoms with Crippen LogP contribution in [0.5, 0.6) is 0 Å². The molecule has 2 rings (SSSR count). The maximum Gasteiger partial charge on any atom is 0.0931 e. The summed E-state index contributed by atoms with van der Waals surface area (Å²) in [5.41, 5.74) is 2.12. The van der Waals surface area contributed by atoms with Crippen LogP contribution in [-0.2, 0) is 0 Å². The van der Waals surface area contributed by atoms with Gasteiger partial charge in [0.15, 0.2) is 0 Å². The van der Waals surface area contributed by atoms with E-state index in [0.29, 0.717) is 0 Å². The van der Waals surface area contributed by atoms with E-state index < -0.39 is 0 Å². The van der Waals surface area contributed by atoms with E-state index in [2.05, 4.69) is 9.97 Å². The first-order valence-electron chi connectivity index (χ1n) is 2.85. The normalized spacial score (nSPS) is 9.20. The van der Waals surface area contributed by atoms with Crippen molar-refractivity contribution in [3.05, 3.63) is 30.6 Å². The van der Waals surface area contributed by atoms with Crippen LogP contribution >= 0.6 is 0 Å². The molecule has 0 aliphatic carbocycles. The molecule has 1 N–H and O–H groups in total. The van der Waals surface area contributed by atoms with Crippen molar-refractivity contribution >= 4 is 34.9 Å². The van der Waals surface area contributed by atoms with E-state index >= 15 is 0 Å². The quantitative estimate of drug-likeness (QED) is 0.684. The van der Waals surface area contributed by atoms with Crippen molar-refractivity contribution in [2.75, 3.05) is 0 Å². The third-order valence-electron chi connectivity index (χ3n) is 1.33. The number of hydrogen-bond acceptors (Lipinski definition) is 1. The largest absolute Gasteiger partial charge is 0.345 e. The van der Waals surface area contributed by atoms with Gasteiger partial charge in [-0.15, -0.1) is 0 Å². The number of para-hydroxylation sites is 2. The number of H-pyrrole nitrogens is 1. The van der Waals surface area contributed by atoms with Crippen LogP contribution in [0.4, 0.5) is 0 Å². The summed E-state index contributed by atoms with van der Waals surface area (Å²) >= 11 is 0. The SMILES string of the molecule is [Sn].c1ccc2[nH]cnc2c1. The van der Waals surface area contributed by atoms with Crippen LogP contribution in [0.15, 0.2) is 30.6 Å². The summed E-state index contributed by atoms with van der Waals surface area (Å²) < 4.78 is 0. The molecule has 3 heteroatoms. The molecule has 1 aromatic heterocycles. The zero-order valence-electron chi connectivity index (χ0n) is 5.33. The Balaban J connectivity index is 0.000000500. The fraction of sp³-hybridized carbons (Fsp3) is 0. The molecule has 1 aromatic carbocycles. The molecule has 2 nitrogen and oxygen atoms in total. The smallest absolute Gasteiger partial charge is 0.0931 e. The molecule has 0 amide bonds. The molecule has 10 heavy (non-hydrogen) atoms. The molecular formula is C7H6N2Sn. The van der Waals surface area contributed by atoms with Gasteiger partial charge in [-0.05, 0) is 12.1 Å². The van der Waals surface area contributed by atoms with Crippen molar-refractivity contribution in [2.24, 2.45) is 0 Å². The Morgan fingerprint density at radius 2 is 2.00 bits per heavy atom. The molecule has 0 fully saturated rings. The van der Waals surface area contributed by atoms with Gasteiger partial charge in [0.05, 0.1) is 17.4 Å². The molecule has 0 atom stereocenters. The number of hydrogen-bond donors (Lipinski definition) is 1. The van der Waals surface area contributed by atoms with Crippen LogP contribution in [0.1, 0.15) is 0 Å². The van der Waals surface area contributed by atoms with Gasteiger partial charge >= 0.3 is 0 Å². The van der Waals surface area contributed by atoms with Crippen LogP contribution in [0.2, 0.25) is 0 Å². The molecule has 0 saturated heterocycles. The zero-order valence-corrected chi connectivity index (χ0v) is 8.19. The average molecular weight is 237 g/mol. The Morgan fingerprint density at radius 3 is 2.80 bits per heavy atom. The molecule has 2 aromatic rings. The van der Waals surface area contributed by atoms with E-state index in [4.69, 9.17) is 0 Å². The van der Waals surface area contributed by atoms with Crippen LogP contribution < -0.4 is 0 Å². The Bertz CT molecular complexity index is 286. The summed E-state index contributed by atoms with van der Waals surface area (Å²) in [6, 6.07) is 7.94. The van der Waals surface area contributed by atoms with Gasteiger partial charge < -0.3 is 4.98 Å². The minimum atomic E-state index is 0. The predicted octanol–water partition coefficient (Wildman–Crippen LogP) is 1.18. The maximum absolute atomic E-state index is 4.06. The Morgan fingerprint density at radius 1 is 1.20 bits per heavy atom. The molecular weight excluding hydrogens is 231 g/mol. The first-order chi connectivity index (χ1) is 4.47. The number of rotatable bonds is 0. The van der Waals surface area contributed by atoms with Crippen molar-refractivity contribution in [1.82, 2.24) is 9.97 Å². The van der Waals surface area contributed by atoms with E-state index in [-0.39, 0.29) is 23.9 Å². The third kappa shape index (κ3) is 1.16. The third-order valence-corrected chi connectivity index (χ3v) is 1.33. The molecule has 1 heterocycles. The molecule has 0 unspecified atom stereocenters. The van der Waals surface area contributed by atoms with Crippen LogP contribution in [-0.4, -0.2) is 33.9 Å². The molecule has 0 aliphatic rings. The van der Waals surface area contributed by atoms with Gasteiger partial charge in [0.2, 0.25) is 0 Å². The van der Waals surface area contributed by atoms with Gasteiger partial charge in [0.1, 0.15) is 0 Å². The average Bonchev–Trinajstić information content (AvgIpc) is 2.33. The van der Waals surface area contributed by atoms with E-state index in [9.17, 15) is 0 Å². The standard InChI is InChI=1S/C7H6N2.Sn/c1-2-4-7-6(3-1)8-5-9-7;/h1-5H,(H,8,9);. The van der Waals surface area contributed by atoms with E-state index in [1.165, 1.54) is 0 Å². The van der Waals surface area contributed by atoms with Gasteiger partial charge in [-0.3, -0.25) is 0 Å². The zero-order chi connectivity index (χ0) is 6.10. The first kappa shape index (κ1) is 7.59. The van der Waals surface area contributed by atoms with Gasteiger partial charge in [-0.2, -0.15) is 0 Å². The molecule has 48 valence electrons. The van der Waals surface area contributed by atoms with Crippen molar-refractivity contribution in [1.29, 1.82) is 0 Å². The molecule has 0 spiro atoms. The molecule has 4 radical (unpaired) electrons. The minimum Gasteiger partial charge on any atom is -0.345 e. The fourth-order valence-corrected chi connectivity index (χ4v) is 0.880. The topological polar surface area (TPSA) is 28.7 Å². The monoisotopic (exact) mass is 238 g/mol. The van der Waals surface area contributed by atoms with E-state index in [0.717, 1.165) is 11.0 Å². The number of benzene rings is 1. The van der Waals surface area contributed by atoms with E-state index in [1.54, 1.807) is 6.33 Å². The van der Waals surface area contributed by atoms with Crippen LogP contribution in [0.3, 0.4) is 0 Å². The number of fused-ring (bicyclic) bond motifs is 1. The fourth-order valence-electron chi connectivity index (χ4n) is 0.880. The summed E-state index contributed by atoms with van der Waals surface area (Å²) in [6.07, 6.45) is 1.70. The number of nitrogens with one attached hydrogen (secondary N) is 1. The first-order valence-corrected chi connectivity index (χ1v) is 2.85. The molecule has 0 saturated carbocycles. The second-order valence-electron chi connectivity index (χ2n) is 1.92. The Hall–Kier alpha value is -0.511. The maximum atomic E-state index is 4.06. The van der Waals surface area contributed by atoms with Gasteiger partial charge in [-0.25, -0.2) is 4.98 Å². The summed E-state index contributed by atoms with van der Waals surface area (Å²) in [4.78, 5) is 7.07. The van der Waals surface area contributed by atoms with Gasteiger partial charge in [0.25, 0.3) is 0 Å². The second kappa shape index (κ2) is 3.05. The van der Waals surface area contributed by atoms with Gasteiger partial charge in [0, 0.05) is 23.9 Å². The Labute approximate surface area is 75.6 Å². The summed E-state index contributed by atoms with van der Waals surface area (Å²) in [5, 5.41) is 0. The van der Waals surface area contributed by atoms with Crippen LogP contribution in [0.25, 0.3) is 11.0 Å². The predicted molar refractivity (Wildman–Crippen MR) is 41.8 cm³/mol. The molecule has 0 bridgehead atoms. The van der Waals surface area contributed by atoms with Crippen molar-refractivity contribution < 1.29 is 0 Å². The minimum absolute atomic E-state index is 0. The van der Waals surface area contributed by atoms with Crippen LogP contribution in [0, 0.1) is 0 Å². The second-order valence-corrected chi connectivity index (χ2v) is 1.92. The molecule has 0 aliphatic heterocycles. The summed E-state index contributed by atoms with van der Waals surface area (Å²) in [5.74, 6) is 0. The number of aromatic amines is 1. The number of aromatic nitrogens is 2. The van der Waals surface area contributed by atoms with Gasteiger partial charge in [-0.1, -0.05) is 12.1 Å². The van der Waals surface area contributed by atoms with Crippen molar-refractivity contribution in [3.8, 4) is 0 Å². The van der Waals surface area contributed by atoms with Crippen molar-refractivity contribution in [2.45, 2.75) is 0 Å². The number of imidazole rings is 1. The summed E-state index contributed by atoms with van der Waals surface area (Å²) in [6.45, 7) is 0. The van der Waals surface area contributed by atoms with Crippen molar-refractivity contribution in [3.63, 3.8) is 0 Å². The number of nitrogens with zero attached hydrogens (tertiary/aromatic N) is 1. The Kier molecular flexibility index (Phi) is 2.32. The summed E-state index contributed by atoms with van der Waals surface area (Å²) in [7, 11) is 0. The van der Waals surface area contributed by atoms with E-state index in [1.807, 2.05) is 24.3 Å².